The Hall–Kier alpha value is -2.64. The van der Waals surface area contributed by atoms with Gasteiger partial charge in [-0.15, -0.1) is 0 Å². The predicted octanol–water partition coefficient (Wildman–Crippen LogP) is 15.8. The van der Waals surface area contributed by atoms with Crippen LogP contribution in [0.2, 0.25) is 0 Å². The molecule has 0 aromatic carbocycles. The van der Waals surface area contributed by atoms with Crippen LogP contribution in [-0.4, -0.2) is 100 Å². The number of rotatable bonds is 56. The van der Waals surface area contributed by atoms with E-state index in [1.54, 1.807) is 6.08 Å². The van der Waals surface area contributed by atoms with E-state index >= 15 is 0 Å². The molecule has 0 aliphatic carbocycles. The van der Waals surface area contributed by atoms with Gasteiger partial charge < -0.3 is 45.1 Å². The van der Waals surface area contributed by atoms with Gasteiger partial charge in [0.25, 0.3) is 0 Å². The van der Waals surface area contributed by atoms with Crippen molar-refractivity contribution in [3.8, 4) is 0 Å². The zero-order valence-electron chi connectivity index (χ0n) is 50.1. The van der Waals surface area contributed by atoms with Crippen molar-refractivity contribution in [2.75, 3.05) is 19.8 Å². The van der Waals surface area contributed by atoms with Crippen LogP contribution >= 0.6 is 0 Å². The van der Waals surface area contributed by atoms with Crippen LogP contribution in [0.25, 0.3) is 0 Å². The first-order valence-corrected chi connectivity index (χ1v) is 32.6. The third-order valence-electron chi connectivity index (χ3n) is 15.1. The number of unbranched alkanes of at least 4 members (excludes halogenated alkanes) is 34. The van der Waals surface area contributed by atoms with Crippen molar-refractivity contribution in [1.29, 1.82) is 0 Å². The lowest BCUT2D eigenvalue weighted by atomic mass is 9.99. The molecular formula is C67H121NO10. The minimum absolute atomic E-state index is 0.0136. The van der Waals surface area contributed by atoms with Crippen LogP contribution in [0.4, 0.5) is 0 Å². The van der Waals surface area contributed by atoms with E-state index in [2.05, 4.69) is 67.8 Å². The van der Waals surface area contributed by atoms with Gasteiger partial charge in [-0.3, -0.25) is 9.59 Å². The Balaban J connectivity index is 2.07. The summed E-state index contributed by atoms with van der Waals surface area (Å²) in [6, 6.07) is -0.833. The van der Waals surface area contributed by atoms with Crippen LogP contribution < -0.4 is 5.32 Å². The van der Waals surface area contributed by atoms with E-state index in [1.807, 2.05) is 6.08 Å². The summed E-state index contributed by atoms with van der Waals surface area (Å²) in [4.78, 5) is 25.1. The Morgan fingerprint density at radius 3 is 1.38 bits per heavy atom. The average molecular weight is 1100 g/mol. The lowest BCUT2D eigenvalue weighted by Gasteiger charge is -2.40. The SMILES string of the molecule is CCCC/C=C\CCCCCCCC(=O)OCCCCCCCCCCC/C=C\C/C=C\CCCCCCCCCCCC(=O)NC(COC1OC(CO)C(O)C(O)C1O)C(O)/C=C/CC/C=C/CCCCCCCCCC. The van der Waals surface area contributed by atoms with Crippen molar-refractivity contribution in [3.63, 3.8) is 0 Å². The van der Waals surface area contributed by atoms with Crippen LogP contribution in [0.1, 0.15) is 290 Å². The number of hydrogen-bond donors (Lipinski definition) is 6. The number of ether oxygens (including phenoxy) is 3. The largest absolute Gasteiger partial charge is 0.466 e. The van der Waals surface area contributed by atoms with E-state index in [0.29, 0.717) is 19.4 Å². The Morgan fingerprint density at radius 2 is 0.885 bits per heavy atom. The molecule has 1 saturated heterocycles. The van der Waals surface area contributed by atoms with Gasteiger partial charge in [0.05, 0.1) is 32.0 Å². The molecule has 11 nitrogen and oxygen atoms in total. The molecule has 1 rings (SSSR count). The van der Waals surface area contributed by atoms with Crippen molar-refractivity contribution in [2.24, 2.45) is 0 Å². The van der Waals surface area contributed by atoms with Crippen molar-refractivity contribution < 1.29 is 49.3 Å². The Bertz CT molecular complexity index is 1480. The summed E-state index contributed by atoms with van der Waals surface area (Å²) in [5.74, 6) is -0.212. The summed E-state index contributed by atoms with van der Waals surface area (Å²) in [6.07, 6.45) is 63.2. The quantitative estimate of drug-likeness (QED) is 0.0195. The molecule has 7 atom stereocenters. The van der Waals surface area contributed by atoms with Gasteiger partial charge in [-0.1, -0.05) is 242 Å². The standard InChI is InChI=1S/C67H121NO10/c1-3-5-7-9-11-13-15-16-30-34-37-41-45-49-53-60(70)59(58-77-67-66(75)65(74)64(73)61(57-69)78-67)68-62(71)54-50-46-42-38-35-31-28-26-24-22-20-18-17-19-21-23-25-27-29-32-36-40-44-48-52-56-76-63(72)55-51-47-43-39-33-14-12-10-8-6-4-2/h10,12,18-21,34,37,49,53,59-61,64-67,69-70,73-75H,3-9,11,13-17,22-33,35-36,38-48,50-52,54-58H2,1-2H3,(H,68,71)/b12-10-,20-18-,21-19-,37-34+,53-49+. The maximum atomic E-state index is 13.1. The molecular weight excluding hydrogens is 979 g/mol. The van der Waals surface area contributed by atoms with Crippen LogP contribution in [0.3, 0.4) is 0 Å². The summed E-state index contributed by atoms with van der Waals surface area (Å²) >= 11 is 0. The number of carbonyl (C=O) groups excluding carboxylic acids is 2. The molecule has 6 N–H and O–H groups in total. The highest BCUT2D eigenvalue weighted by atomic mass is 16.7. The van der Waals surface area contributed by atoms with E-state index < -0.39 is 49.5 Å². The molecule has 454 valence electrons. The topological polar surface area (TPSA) is 175 Å². The van der Waals surface area contributed by atoms with E-state index in [1.165, 1.54) is 180 Å². The number of aliphatic hydroxyl groups excluding tert-OH is 5. The van der Waals surface area contributed by atoms with Crippen LogP contribution in [0.15, 0.2) is 60.8 Å². The first-order chi connectivity index (χ1) is 38.2. The molecule has 0 aromatic rings. The van der Waals surface area contributed by atoms with Crippen molar-refractivity contribution >= 4 is 11.9 Å². The number of hydrogen-bond acceptors (Lipinski definition) is 10. The Kier molecular flexibility index (Phi) is 52.9. The number of allylic oxidation sites excluding steroid dienone is 9. The van der Waals surface area contributed by atoms with Crippen LogP contribution in [0.5, 0.6) is 0 Å². The molecule has 1 fully saturated rings. The predicted molar refractivity (Wildman–Crippen MR) is 324 cm³/mol. The maximum absolute atomic E-state index is 13.1. The molecule has 0 aromatic heterocycles. The van der Waals surface area contributed by atoms with Gasteiger partial charge in [-0.2, -0.15) is 0 Å². The number of amides is 1. The number of esters is 1. The highest BCUT2D eigenvalue weighted by molar-refractivity contribution is 5.76. The molecule has 1 aliphatic rings. The molecule has 0 spiro atoms. The summed E-state index contributed by atoms with van der Waals surface area (Å²) in [5.41, 5.74) is 0. The highest BCUT2D eigenvalue weighted by Gasteiger charge is 2.44. The average Bonchev–Trinajstić information content (AvgIpc) is 3.45. The van der Waals surface area contributed by atoms with E-state index in [9.17, 15) is 35.1 Å². The van der Waals surface area contributed by atoms with Gasteiger partial charge in [-0.05, 0) is 96.3 Å². The smallest absolute Gasteiger partial charge is 0.305 e. The lowest BCUT2D eigenvalue weighted by Crippen LogP contribution is -2.60. The van der Waals surface area contributed by atoms with Gasteiger partial charge in [0.15, 0.2) is 6.29 Å². The number of nitrogens with one attached hydrogen (secondary N) is 1. The fourth-order valence-corrected chi connectivity index (χ4v) is 9.87. The van der Waals surface area contributed by atoms with Crippen LogP contribution in [0, 0.1) is 0 Å². The molecule has 1 amide bonds. The first-order valence-electron chi connectivity index (χ1n) is 32.6. The summed E-state index contributed by atoms with van der Waals surface area (Å²) < 4.78 is 16.7. The zero-order valence-corrected chi connectivity index (χ0v) is 50.1. The highest BCUT2D eigenvalue weighted by Crippen LogP contribution is 2.23. The van der Waals surface area contributed by atoms with Gasteiger partial charge in [0.2, 0.25) is 5.91 Å². The maximum Gasteiger partial charge on any atom is 0.305 e. The second kappa shape index (κ2) is 56.2. The fraction of sp³-hybridized carbons (Fsp3) is 0.821. The molecule has 0 radical (unpaired) electrons. The first kappa shape index (κ1) is 73.4. The third-order valence-corrected chi connectivity index (χ3v) is 15.1. The fourth-order valence-electron chi connectivity index (χ4n) is 9.87. The molecule has 11 heteroatoms. The van der Waals surface area contributed by atoms with Crippen molar-refractivity contribution in [1.82, 2.24) is 5.32 Å². The molecule has 1 heterocycles. The lowest BCUT2D eigenvalue weighted by molar-refractivity contribution is -0.302. The third kappa shape index (κ3) is 45.0. The minimum Gasteiger partial charge on any atom is -0.466 e. The van der Waals surface area contributed by atoms with Gasteiger partial charge in [0, 0.05) is 12.8 Å². The summed E-state index contributed by atoms with van der Waals surface area (Å²) in [6.45, 7) is 4.28. The zero-order chi connectivity index (χ0) is 56.6. The Morgan fingerprint density at radius 1 is 0.474 bits per heavy atom. The van der Waals surface area contributed by atoms with E-state index in [0.717, 1.165) is 83.5 Å². The van der Waals surface area contributed by atoms with Gasteiger partial charge in [0.1, 0.15) is 24.4 Å². The molecule has 78 heavy (non-hydrogen) atoms. The number of carbonyl (C=O) groups is 2. The summed E-state index contributed by atoms with van der Waals surface area (Å²) in [7, 11) is 0. The van der Waals surface area contributed by atoms with E-state index in [-0.39, 0.29) is 18.5 Å². The summed E-state index contributed by atoms with van der Waals surface area (Å²) in [5, 5.41) is 54.4. The van der Waals surface area contributed by atoms with E-state index in [4.69, 9.17) is 14.2 Å². The van der Waals surface area contributed by atoms with Crippen molar-refractivity contribution in [2.45, 2.75) is 333 Å². The van der Waals surface area contributed by atoms with Crippen molar-refractivity contribution in [3.05, 3.63) is 60.8 Å². The minimum atomic E-state index is -1.58. The van der Waals surface area contributed by atoms with Gasteiger partial charge >= 0.3 is 5.97 Å². The molecule has 1 aliphatic heterocycles. The number of aliphatic hydroxyl groups is 5. The molecule has 0 bridgehead atoms. The van der Waals surface area contributed by atoms with Crippen LogP contribution in [-0.2, 0) is 23.8 Å². The molecule has 7 unspecified atom stereocenters. The second-order valence-corrected chi connectivity index (χ2v) is 22.4. The molecule has 0 saturated carbocycles. The Labute approximate surface area is 478 Å². The monoisotopic (exact) mass is 1100 g/mol. The normalized spacial score (nSPS) is 18.9. The second-order valence-electron chi connectivity index (χ2n) is 22.4. The van der Waals surface area contributed by atoms with Gasteiger partial charge in [-0.25, -0.2) is 0 Å².